The third kappa shape index (κ3) is 2.95. The minimum atomic E-state index is -0.884. The number of nitrogens with zero attached hydrogens (tertiary/aromatic N) is 1. The highest BCUT2D eigenvalue weighted by Gasteiger charge is 2.07. The van der Waals surface area contributed by atoms with E-state index in [0.717, 1.165) is 16.6 Å². The van der Waals surface area contributed by atoms with Crippen LogP contribution in [0.4, 0.5) is 14.5 Å². The first-order valence-electron chi connectivity index (χ1n) is 4.60. The monoisotopic (exact) mass is 316 g/mol. The van der Waals surface area contributed by atoms with Crippen molar-refractivity contribution in [1.82, 2.24) is 4.98 Å². The van der Waals surface area contributed by atoms with E-state index in [1.165, 1.54) is 17.8 Å². The fourth-order valence-electron chi connectivity index (χ4n) is 1.18. The van der Waals surface area contributed by atoms with E-state index in [1.807, 2.05) is 0 Å². The van der Waals surface area contributed by atoms with E-state index in [1.54, 1.807) is 12.3 Å². The lowest BCUT2D eigenvalue weighted by molar-refractivity contribution is 0.506. The molecule has 1 aromatic carbocycles. The molecule has 0 spiro atoms. The predicted molar refractivity (Wildman–Crippen MR) is 66.8 cm³/mol. The molecule has 0 aliphatic heterocycles. The van der Waals surface area contributed by atoms with Crippen LogP contribution >= 0.6 is 27.7 Å². The molecule has 0 amide bonds. The molecule has 0 unspecified atom stereocenters. The molecule has 0 aliphatic carbocycles. The van der Waals surface area contributed by atoms with Gasteiger partial charge in [0.1, 0.15) is 5.03 Å². The molecule has 2 rings (SSSR count). The predicted octanol–water partition coefficient (Wildman–Crippen LogP) is 3.86. The zero-order valence-corrected chi connectivity index (χ0v) is 10.9. The van der Waals surface area contributed by atoms with Crippen LogP contribution in [0.5, 0.6) is 0 Å². The summed E-state index contributed by atoms with van der Waals surface area (Å²) in [6.45, 7) is 0. The molecule has 17 heavy (non-hydrogen) atoms. The van der Waals surface area contributed by atoms with Gasteiger partial charge in [-0.15, -0.1) is 0 Å². The summed E-state index contributed by atoms with van der Waals surface area (Å²) in [5.41, 5.74) is 6.24. The summed E-state index contributed by atoms with van der Waals surface area (Å²) < 4.78 is 26.5. The summed E-state index contributed by atoms with van der Waals surface area (Å²) in [6, 6.07) is 5.37. The molecule has 0 saturated carbocycles. The number of rotatable bonds is 2. The molecule has 2 aromatic rings. The lowest BCUT2D eigenvalue weighted by atomic mass is 10.3. The summed E-state index contributed by atoms with van der Waals surface area (Å²) >= 11 is 4.42. The van der Waals surface area contributed by atoms with Gasteiger partial charge in [-0.3, -0.25) is 0 Å². The van der Waals surface area contributed by atoms with E-state index in [-0.39, 0.29) is 0 Å². The average Bonchev–Trinajstić information content (AvgIpc) is 2.27. The van der Waals surface area contributed by atoms with Crippen molar-refractivity contribution < 1.29 is 8.78 Å². The van der Waals surface area contributed by atoms with Crippen LogP contribution in [0, 0.1) is 11.6 Å². The van der Waals surface area contributed by atoms with Gasteiger partial charge in [0.25, 0.3) is 0 Å². The molecule has 0 fully saturated rings. The number of benzene rings is 1. The molecule has 2 N–H and O–H groups in total. The average molecular weight is 317 g/mol. The van der Waals surface area contributed by atoms with E-state index in [9.17, 15) is 8.78 Å². The molecular weight excluding hydrogens is 310 g/mol. The summed E-state index contributed by atoms with van der Waals surface area (Å²) in [5, 5.41) is 0.555. The van der Waals surface area contributed by atoms with Gasteiger partial charge in [0.15, 0.2) is 11.6 Å². The highest BCUT2D eigenvalue weighted by Crippen LogP contribution is 2.32. The van der Waals surface area contributed by atoms with Crippen molar-refractivity contribution in [3.05, 3.63) is 46.6 Å². The Kier molecular flexibility index (Phi) is 3.63. The fourth-order valence-corrected chi connectivity index (χ4v) is 2.33. The van der Waals surface area contributed by atoms with Gasteiger partial charge < -0.3 is 5.73 Å². The molecule has 0 bridgehead atoms. The van der Waals surface area contributed by atoms with Crippen molar-refractivity contribution in [3.8, 4) is 0 Å². The zero-order chi connectivity index (χ0) is 12.4. The number of hydrogen-bond donors (Lipinski definition) is 1. The first kappa shape index (κ1) is 12.3. The van der Waals surface area contributed by atoms with Crippen molar-refractivity contribution in [2.75, 3.05) is 5.73 Å². The number of nitrogens with two attached hydrogens (primary N) is 1. The number of anilines is 1. The summed E-state index contributed by atoms with van der Waals surface area (Å²) in [4.78, 5) is 4.65. The lowest BCUT2D eigenvalue weighted by Crippen LogP contribution is -1.92. The number of aromatic nitrogens is 1. The van der Waals surface area contributed by atoms with E-state index in [0.29, 0.717) is 15.6 Å². The Labute approximate surface area is 109 Å². The Hall–Kier alpha value is -1.14. The van der Waals surface area contributed by atoms with Crippen molar-refractivity contribution in [2.24, 2.45) is 0 Å². The molecule has 2 nitrogen and oxygen atoms in total. The van der Waals surface area contributed by atoms with Crippen LogP contribution in [-0.4, -0.2) is 4.98 Å². The molecule has 0 atom stereocenters. The second-order valence-corrected chi connectivity index (χ2v) is 5.20. The minimum absolute atomic E-state index is 0.481. The summed E-state index contributed by atoms with van der Waals surface area (Å²) in [6.07, 6.45) is 1.60. The van der Waals surface area contributed by atoms with Gasteiger partial charge in [0, 0.05) is 15.6 Å². The topological polar surface area (TPSA) is 38.9 Å². The number of hydrogen-bond acceptors (Lipinski definition) is 3. The smallest absolute Gasteiger partial charge is 0.159 e. The van der Waals surface area contributed by atoms with Gasteiger partial charge >= 0.3 is 0 Å². The maximum atomic E-state index is 13.0. The first-order chi connectivity index (χ1) is 8.06. The molecule has 0 saturated heterocycles. The van der Waals surface area contributed by atoms with Gasteiger partial charge in [0.2, 0.25) is 0 Å². The van der Waals surface area contributed by atoms with Crippen molar-refractivity contribution >= 4 is 33.4 Å². The maximum Gasteiger partial charge on any atom is 0.159 e. The molecule has 88 valence electrons. The van der Waals surface area contributed by atoms with Crippen LogP contribution in [0.1, 0.15) is 0 Å². The van der Waals surface area contributed by atoms with Gasteiger partial charge in [-0.05, 0) is 40.2 Å². The van der Waals surface area contributed by atoms with Crippen LogP contribution < -0.4 is 5.73 Å². The third-order valence-electron chi connectivity index (χ3n) is 1.95. The first-order valence-corrected chi connectivity index (χ1v) is 6.21. The Morgan fingerprint density at radius 3 is 2.59 bits per heavy atom. The molecule has 1 heterocycles. The van der Waals surface area contributed by atoms with Crippen LogP contribution in [0.15, 0.2) is 44.9 Å². The Morgan fingerprint density at radius 2 is 1.94 bits per heavy atom. The fraction of sp³-hybridized carbons (Fsp3) is 0. The second-order valence-electron chi connectivity index (χ2n) is 3.23. The van der Waals surface area contributed by atoms with Crippen molar-refractivity contribution in [3.63, 3.8) is 0 Å². The minimum Gasteiger partial charge on any atom is -0.397 e. The van der Waals surface area contributed by atoms with Crippen LogP contribution in [0.25, 0.3) is 0 Å². The van der Waals surface area contributed by atoms with Crippen molar-refractivity contribution in [1.29, 1.82) is 0 Å². The Balaban J connectivity index is 2.28. The Morgan fingerprint density at radius 1 is 1.18 bits per heavy atom. The van der Waals surface area contributed by atoms with Crippen LogP contribution in [0.3, 0.4) is 0 Å². The highest BCUT2D eigenvalue weighted by atomic mass is 79.9. The summed E-state index contributed by atoms with van der Waals surface area (Å²) in [5.74, 6) is -1.75. The van der Waals surface area contributed by atoms with Gasteiger partial charge in [-0.1, -0.05) is 11.8 Å². The van der Waals surface area contributed by atoms with Gasteiger partial charge in [-0.2, -0.15) is 0 Å². The third-order valence-corrected chi connectivity index (χ3v) is 3.41. The number of halogens is 3. The largest absolute Gasteiger partial charge is 0.397 e. The van der Waals surface area contributed by atoms with E-state index >= 15 is 0 Å². The van der Waals surface area contributed by atoms with Gasteiger partial charge in [-0.25, -0.2) is 13.8 Å². The second kappa shape index (κ2) is 5.01. The normalized spacial score (nSPS) is 10.5. The van der Waals surface area contributed by atoms with E-state index in [2.05, 4.69) is 20.9 Å². The Bertz CT molecular complexity index is 563. The van der Waals surface area contributed by atoms with E-state index < -0.39 is 11.6 Å². The van der Waals surface area contributed by atoms with Crippen molar-refractivity contribution in [2.45, 2.75) is 9.92 Å². The van der Waals surface area contributed by atoms with E-state index in [4.69, 9.17) is 5.73 Å². The maximum absolute atomic E-state index is 13.0. The van der Waals surface area contributed by atoms with Gasteiger partial charge in [0.05, 0.1) is 5.69 Å². The molecule has 6 heteroatoms. The van der Waals surface area contributed by atoms with Crippen LogP contribution in [-0.2, 0) is 0 Å². The molecular formula is C11H7BrF2N2S. The molecule has 1 aromatic heterocycles. The standard InChI is InChI=1S/C11H7BrF2N2S/c12-6-3-10(15)11(16-5-6)17-7-1-2-8(13)9(14)4-7/h1-5H,15H2. The van der Waals surface area contributed by atoms with Crippen LogP contribution in [0.2, 0.25) is 0 Å². The molecule has 0 aliphatic rings. The molecule has 0 radical (unpaired) electrons. The number of pyridine rings is 1. The SMILES string of the molecule is Nc1cc(Br)cnc1Sc1ccc(F)c(F)c1. The zero-order valence-electron chi connectivity index (χ0n) is 8.45. The summed E-state index contributed by atoms with van der Waals surface area (Å²) in [7, 11) is 0. The highest BCUT2D eigenvalue weighted by molar-refractivity contribution is 9.10. The quantitative estimate of drug-likeness (QED) is 0.914. The number of nitrogen functional groups attached to an aromatic ring is 1. The lowest BCUT2D eigenvalue weighted by Gasteiger charge is -2.05.